The summed E-state index contributed by atoms with van der Waals surface area (Å²) < 4.78 is 10.3. The zero-order chi connectivity index (χ0) is 22.0. The van der Waals surface area contributed by atoms with E-state index >= 15 is 0 Å². The summed E-state index contributed by atoms with van der Waals surface area (Å²) in [4.78, 5) is 33.5. The van der Waals surface area contributed by atoms with E-state index in [1.807, 2.05) is 44.2 Å². The van der Waals surface area contributed by atoms with Gasteiger partial charge in [0.15, 0.2) is 11.5 Å². The minimum atomic E-state index is -0.351. The number of aromatic amines is 1. The highest BCUT2D eigenvalue weighted by Gasteiger charge is 2.19. The lowest BCUT2D eigenvalue weighted by molar-refractivity contribution is 0.291. The molecule has 9 nitrogen and oxygen atoms in total. The van der Waals surface area contributed by atoms with Gasteiger partial charge in [0.05, 0.1) is 0 Å². The molecule has 0 fully saturated rings. The number of nitrogens with zero attached hydrogens (tertiary/aromatic N) is 5. The van der Waals surface area contributed by atoms with Gasteiger partial charge >= 0.3 is 5.69 Å². The molecule has 0 spiro atoms. The van der Waals surface area contributed by atoms with Crippen LogP contribution < -0.4 is 16.0 Å². The smallest absolute Gasteiger partial charge is 0.332 e. The molecule has 4 aromatic rings. The average Bonchev–Trinajstić information content (AvgIpc) is 3.37. The van der Waals surface area contributed by atoms with E-state index in [-0.39, 0.29) is 11.2 Å². The van der Waals surface area contributed by atoms with E-state index in [1.54, 1.807) is 22.4 Å². The van der Waals surface area contributed by atoms with Crippen molar-refractivity contribution in [2.45, 2.75) is 46.4 Å². The van der Waals surface area contributed by atoms with Crippen LogP contribution in [0.2, 0.25) is 0 Å². The molecule has 31 heavy (non-hydrogen) atoms. The first-order valence-corrected chi connectivity index (χ1v) is 10.5. The molecule has 0 unspecified atom stereocenters. The Balaban J connectivity index is 1.74. The highest BCUT2D eigenvalue weighted by atomic mass is 16.5. The Morgan fingerprint density at radius 3 is 2.45 bits per heavy atom. The van der Waals surface area contributed by atoms with Crippen molar-refractivity contribution in [1.29, 1.82) is 0 Å². The maximum absolute atomic E-state index is 12.9. The number of rotatable bonds is 8. The summed E-state index contributed by atoms with van der Waals surface area (Å²) in [6.45, 7) is 5.17. The van der Waals surface area contributed by atoms with Crippen LogP contribution in [0.15, 0.2) is 46.0 Å². The summed E-state index contributed by atoms with van der Waals surface area (Å²) >= 11 is 0. The van der Waals surface area contributed by atoms with Crippen molar-refractivity contribution >= 4 is 11.2 Å². The summed E-state index contributed by atoms with van der Waals surface area (Å²) in [6.07, 6.45) is 1.45. The molecule has 0 aliphatic heterocycles. The maximum atomic E-state index is 12.9. The topological polar surface area (TPSA) is 99.7 Å². The third kappa shape index (κ3) is 3.90. The Hall–Kier alpha value is -3.62. The minimum Gasteiger partial charge on any atom is -0.472 e. The van der Waals surface area contributed by atoms with E-state index in [1.165, 1.54) is 4.57 Å². The first-order valence-electron chi connectivity index (χ1n) is 10.5. The summed E-state index contributed by atoms with van der Waals surface area (Å²) in [5.41, 5.74) is 1.72. The lowest BCUT2D eigenvalue weighted by atomic mass is 10.2. The monoisotopic (exact) mass is 422 g/mol. The normalized spacial score (nSPS) is 11.3. The van der Waals surface area contributed by atoms with Gasteiger partial charge in [0.2, 0.25) is 5.88 Å². The molecule has 0 bridgehead atoms. The molecule has 0 saturated carbocycles. The molecule has 0 amide bonds. The van der Waals surface area contributed by atoms with Gasteiger partial charge in [-0.05, 0) is 18.4 Å². The summed E-state index contributed by atoms with van der Waals surface area (Å²) in [5.74, 6) is 0.923. The number of ether oxygens (including phenoxy) is 1. The van der Waals surface area contributed by atoms with Crippen molar-refractivity contribution in [2.24, 2.45) is 7.05 Å². The van der Waals surface area contributed by atoms with Crippen LogP contribution in [0.25, 0.3) is 22.7 Å². The fourth-order valence-electron chi connectivity index (χ4n) is 3.60. The predicted octanol–water partition coefficient (Wildman–Crippen LogP) is 2.69. The van der Waals surface area contributed by atoms with E-state index in [4.69, 9.17) is 4.74 Å². The van der Waals surface area contributed by atoms with Crippen LogP contribution >= 0.6 is 0 Å². The van der Waals surface area contributed by atoms with E-state index in [0.29, 0.717) is 54.7 Å². The van der Waals surface area contributed by atoms with Gasteiger partial charge < -0.3 is 9.72 Å². The molecule has 0 aliphatic carbocycles. The standard InChI is InChI=1S/C22H26N6O3/c1-4-11-27-20-18(21(29)28(12-5-2)22(27)30)23-19(24-20)16-13-17(25-26(16)3)31-14-15-9-7-6-8-10-15/h6-10,13H,4-5,11-12,14H2,1-3H3,(H,23,24). The summed E-state index contributed by atoms with van der Waals surface area (Å²) in [5, 5.41) is 4.40. The van der Waals surface area contributed by atoms with Gasteiger partial charge in [-0.15, -0.1) is 5.10 Å². The molecule has 4 rings (SSSR count). The van der Waals surface area contributed by atoms with Crippen LogP contribution in [-0.4, -0.2) is 28.9 Å². The SMILES string of the molecule is CCCn1c(=O)c2[nH]c(-c3cc(OCc4ccccc4)nn3C)nc2n(CCC)c1=O. The lowest BCUT2D eigenvalue weighted by Gasteiger charge is -2.09. The summed E-state index contributed by atoms with van der Waals surface area (Å²) in [6, 6.07) is 11.6. The number of H-pyrrole nitrogens is 1. The molecule has 0 aliphatic rings. The molecular weight excluding hydrogens is 396 g/mol. The largest absolute Gasteiger partial charge is 0.472 e. The number of imidazole rings is 1. The van der Waals surface area contributed by atoms with Crippen LogP contribution in [0.3, 0.4) is 0 Å². The van der Waals surface area contributed by atoms with Crippen molar-refractivity contribution in [3.63, 3.8) is 0 Å². The fraction of sp³-hybridized carbons (Fsp3) is 0.364. The van der Waals surface area contributed by atoms with E-state index in [2.05, 4.69) is 15.1 Å². The second-order valence-electron chi connectivity index (χ2n) is 7.44. The van der Waals surface area contributed by atoms with Crippen LogP contribution in [-0.2, 0) is 26.7 Å². The van der Waals surface area contributed by atoms with Crippen LogP contribution in [0, 0.1) is 0 Å². The number of fused-ring (bicyclic) bond motifs is 1. The first kappa shape index (κ1) is 20.6. The van der Waals surface area contributed by atoms with Gasteiger partial charge in [0.1, 0.15) is 17.8 Å². The number of aromatic nitrogens is 6. The molecule has 3 aromatic heterocycles. The number of nitrogens with one attached hydrogen (secondary N) is 1. The quantitative estimate of drug-likeness (QED) is 0.471. The number of aryl methyl sites for hydroxylation is 2. The Morgan fingerprint density at radius 2 is 1.74 bits per heavy atom. The zero-order valence-electron chi connectivity index (χ0n) is 18.0. The average molecular weight is 422 g/mol. The van der Waals surface area contributed by atoms with E-state index in [9.17, 15) is 9.59 Å². The van der Waals surface area contributed by atoms with Crippen LogP contribution in [0.5, 0.6) is 5.88 Å². The van der Waals surface area contributed by atoms with Crippen molar-refractivity contribution < 1.29 is 4.74 Å². The molecule has 0 saturated heterocycles. The third-order valence-electron chi connectivity index (χ3n) is 5.09. The van der Waals surface area contributed by atoms with Crippen molar-refractivity contribution in [3.05, 3.63) is 62.8 Å². The minimum absolute atomic E-state index is 0.323. The van der Waals surface area contributed by atoms with Gasteiger partial charge in [0.25, 0.3) is 5.56 Å². The molecule has 162 valence electrons. The second-order valence-corrected chi connectivity index (χ2v) is 7.44. The lowest BCUT2D eigenvalue weighted by Crippen LogP contribution is -2.40. The van der Waals surface area contributed by atoms with Gasteiger partial charge in [-0.25, -0.2) is 9.78 Å². The number of benzene rings is 1. The van der Waals surface area contributed by atoms with Gasteiger partial charge in [0, 0.05) is 26.2 Å². The fourth-order valence-corrected chi connectivity index (χ4v) is 3.60. The Bertz CT molecular complexity index is 1310. The highest BCUT2D eigenvalue weighted by molar-refractivity contribution is 5.74. The predicted molar refractivity (Wildman–Crippen MR) is 118 cm³/mol. The summed E-state index contributed by atoms with van der Waals surface area (Å²) in [7, 11) is 1.78. The molecule has 1 aromatic carbocycles. The molecule has 9 heteroatoms. The zero-order valence-corrected chi connectivity index (χ0v) is 18.0. The molecular formula is C22H26N6O3. The second kappa shape index (κ2) is 8.63. The van der Waals surface area contributed by atoms with Gasteiger partial charge in [-0.2, -0.15) is 0 Å². The van der Waals surface area contributed by atoms with E-state index < -0.39 is 0 Å². The van der Waals surface area contributed by atoms with Crippen LogP contribution in [0.1, 0.15) is 32.3 Å². The molecule has 0 radical (unpaired) electrons. The van der Waals surface area contributed by atoms with E-state index in [0.717, 1.165) is 12.0 Å². The Kier molecular flexibility index (Phi) is 5.75. The molecule has 1 N–H and O–H groups in total. The number of hydrogen-bond donors (Lipinski definition) is 1. The molecule has 3 heterocycles. The maximum Gasteiger partial charge on any atom is 0.332 e. The van der Waals surface area contributed by atoms with Crippen molar-refractivity contribution in [3.8, 4) is 17.4 Å². The van der Waals surface area contributed by atoms with Crippen molar-refractivity contribution in [1.82, 2.24) is 28.9 Å². The Morgan fingerprint density at radius 1 is 1.03 bits per heavy atom. The molecule has 0 atom stereocenters. The Labute approximate surface area is 178 Å². The van der Waals surface area contributed by atoms with Gasteiger partial charge in [-0.3, -0.25) is 18.6 Å². The number of hydrogen-bond acceptors (Lipinski definition) is 5. The van der Waals surface area contributed by atoms with Crippen molar-refractivity contribution in [2.75, 3.05) is 0 Å². The van der Waals surface area contributed by atoms with Crippen LogP contribution in [0.4, 0.5) is 0 Å². The highest BCUT2D eigenvalue weighted by Crippen LogP contribution is 2.23. The van der Waals surface area contributed by atoms with Gasteiger partial charge in [-0.1, -0.05) is 44.2 Å². The third-order valence-corrected chi connectivity index (χ3v) is 5.09. The first-order chi connectivity index (χ1) is 15.0.